The fourth-order valence-electron chi connectivity index (χ4n) is 3.78. The summed E-state index contributed by atoms with van der Waals surface area (Å²) >= 11 is 5.95. The van der Waals surface area contributed by atoms with Crippen molar-refractivity contribution in [1.82, 2.24) is 14.5 Å². The van der Waals surface area contributed by atoms with Crippen molar-refractivity contribution in [2.24, 2.45) is 5.92 Å². The molecule has 0 spiro atoms. The number of aromatic nitrogens is 3. The molecule has 2 aromatic heterocycles. The molecule has 2 aromatic carbocycles. The predicted molar refractivity (Wildman–Crippen MR) is 139 cm³/mol. The zero-order chi connectivity index (χ0) is 27.6. The topological polar surface area (TPSA) is 129 Å². The standard InChI is InChI=1S/C25H22ClFN4O6S/c1-14(25(33)37-3)12-31-13-29-20-6-4-15(8-18(20)24(31)32)16-9-21(23(36-2)28-11-16)30-38(34,35)22-7-5-17(27)10-19(22)26/h4-11,13-14,30H,12H2,1-3H3/t14-/m0/s1. The number of ether oxygens (including phenoxy) is 2. The number of halogens is 2. The summed E-state index contributed by atoms with van der Waals surface area (Å²) in [7, 11) is -1.63. The van der Waals surface area contributed by atoms with E-state index in [1.54, 1.807) is 25.1 Å². The molecule has 0 bridgehead atoms. The molecule has 0 unspecified atom stereocenters. The Balaban J connectivity index is 1.73. The van der Waals surface area contributed by atoms with Gasteiger partial charge in [0.25, 0.3) is 15.6 Å². The van der Waals surface area contributed by atoms with Gasteiger partial charge in [-0.1, -0.05) is 24.6 Å². The lowest BCUT2D eigenvalue weighted by Gasteiger charge is -2.14. The normalized spacial score (nSPS) is 12.2. The van der Waals surface area contributed by atoms with Gasteiger partial charge in [-0.2, -0.15) is 0 Å². The largest absolute Gasteiger partial charge is 0.480 e. The first kappa shape index (κ1) is 27.0. The number of methoxy groups -OCH3 is 2. The lowest BCUT2D eigenvalue weighted by atomic mass is 10.0. The van der Waals surface area contributed by atoms with Gasteiger partial charge in [-0.15, -0.1) is 0 Å². The van der Waals surface area contributed by atoms with Crippen LogP contribution in [0.15, 0.2) is 64.7 Å². The molecule has 0 fully saturated rings. The molecule has 4 aromatic rings. The highest BCUT2D eigenvalue weighted by atomic mass is 35.5. The molecule has 38 heavy (non-hydrogen) atoms. The maximum atomic E-state index is 13.4. The molecule has 2 heterocycles. The number of benzene rings is 2. The first-order valence-corrected chi connectivity index (χ1v) is 13.0. The van der Waals surface area contributed by atoms with Crippen molar-refractivity contribution < 1.29 is 27.1 Å². The van der Waals surface area contributed by atoms with Crippen LogP contribution in [-0.4, -0.2) is 43.1 Å². The zero-order valence-electron chi connectivity index (χ0n) is 20.4. The molecule has 0 aliphatic carbocycles. The van der Waals surface area contributed by atoms with E-state index in [-0.39, 0.29) is 39.0 Å². The summed E-state index contributed by atoms with van der Waals surface area (Å²) < 4.78 is 53.0. The van der Waals surface area contributed by atoms with Crippen molar-refractivity contribution in [3.63, 3.8) is 0 Å². The van der Waals surface area contributed by atoms with E-state index in [9.17, 15) is 22.4 Å². The number of rotatable bonds is 8. The van der Waals surface area contributed by atoms with Gasteiger partial charge in [0.2, 0.25) is 5.88 Å². The number of sulfonamides is 1. The minimum absolute atomic E-state index is 0.000916. The second kappa shape index (κ2) is 10.8. The van der Waals surface area contributed by atoms with Crippen molar-refractivity contribution >= 4 is 44.2 Å². The van der Waals surface area contributed by atoms with Gasteiger partial charge in [-0.3, -0.25) is 18.9 Å². The number of nitrogens with zero attached hydrogens (tertiary/aromatic N) is 3. The summed E-state index contributed by atoms with van der Waals surface area (Å²) in [4.78, 5) is 33.1. The first-order chi connectivity index (χ1) is 18.0. The number of anilines is 1. The summed E-state index contributed by atoms with van der Waals surface area (Å²) in [5.74, 6) is -1.71. The van der Waals surface area contributed by atoms with E-state index in [0.717, 1.165) is 18.2 Å². The molecule has 0 aliphatic rings. The number of fused-ring (bicyclic) bond motifs is 1. The van der Waals surface area contributed by atoms with E-state index < -0.39 is 27.7 Å². The van der Waals surface area contributed by atoms with E-state index in [1.807, 2.05) is 0 Å². The van der Waals surface area contributed by atoms with Crippen molar-refractivity contribution in [1.29, 1.82) is 0 Å². The lowest BCUT2D eigenvalue weighted by molar-refractivity contribution is -0.145. The number of carbonyl (C=O) groups is 1. The van der Waals surface area contributed by atoms with E-state index in [1.165, 1.54) is 37.4 Å². The molecule has 1 N–H and O–H groups in total. The van der Waals surface area contributed by atoms with Crippen LogP contribution >= 0.6 is 11.6 Å². The first-order valence-electron chi connectivity index (χ1n) is 11.1. The van der Waals surface area contributed by atoms with Gasteiger partial charge >= 0.3 is 5.97 Å². The minimum Gasteiger partial charge on any atom is -0.480 e. The average Bonchev–Trinajstić information content (AvgIpc) is 2.89. The van der Waals surface area contributed by atoms with Gasteiger partial charge in [-0.05, 0) is 42.0 Å². The van der Waals surface area contributed by atoms with Crippen molar-refractivity contribution in [3.05, 3.63) is 76.2 Å². The molecule has 0 amide bonds. The van der Waals surface area contributed by atoms with E-state index in [0.29, 0.717) is 16.6 Å². The molecule has 0 saturated heterocycles. The fraction of sp³-hybridized carbons (Fsp3) is 0.200. The fourth-order valence-corrected chi connectivity index (χ4v) is 5.36. The van der Waals surface area contributed by atoms with Gasteiger partial charge in [0.15, 0.2) is 0 Å². The second-order valence-corrected chi connectivity index (χ2v) is 10.4. The number of nitrogens with one attached hydrogen (secondary N) is 1. The van der Waals surface area contributed by atoms with Crippen LogP contribution in [0.5, 0.6) is 5.88 Å². The summed E-state index contributed by atoms with van der Waals surface area (Å²) in [5.41, 5.74) is 1.09. The molecular formula is C25H22ClFN4O6S. The van der Waals surface area contributed by atoms with Gasteiger partial charge in [-0.25, -0.2) is 22.8 Å². The van der Waals surface area contributed by atoms with Crippen LogP contribution in [0.1, 0.15) is 6.92 Å². The number of carbonyl (C=O) groups excluding carboxylic acids is 1. The van der Waals surface area contributed by atoms with Crippen molar-refractivity contribution in [3.8, 4) is 17.0 Å². The Morgan fingerprint density at radius 1 is 1.13 bits per heavy atom. The summed E-state index contributed by atoms with van der Waals surface area (Å²) in [6, 6.07) is 9.35. The van der Waals surface area contributed by atoms with E-state index in [2.05, 4.69) is 14.7 Å². The number of hydrogen-bond donors (Lipinski definition) is 1. The van der Waals surface area contributed by atoms with Crippen LogP contribution in [0.2, 0.25) is 5.02 Å². The molecule has 10 nitrogen and oxygen atoms in total. The van der Waals surface area contributed by atoms with E-state index >= 15 is 0 Å². The maximum absolute atomic E-state index is 13.4. The zero-order valence-corrected chi connectivity index (χ0v) is 22.0. The highest BCUT2D eigenvalue weighted by molar-refractivity contribution is 7.92. The van der Waals surface area contributed by atoms with Crippen molar-refractivity contribution in [2.75, 3.05) is 18.9 Å². The Kier molecular flexibility index (Phi) is 7.65. The molecule has 0 saturated carbocycles. The van der Waals surface area contributed by atoms with Gasteiger partial charge < -0.3 is 9.47 Å². The molecule has 13 heteroatoms. The lowest BCUT2D eigenvalue weighted by Crippen LogP contribution is -2.27. The van der Waals surface area contributed by atoms with Crippen LogP contribution < -0.4 is 15.0 Å². The predicted octanol–water partition coefficient (Wildman–Crippen LogP) is 3.87. The summed E-state index contributed by atoms with van der Waals surface area (Å²) in [6.45, 7) is 1.73. The Morgan fingerprint density at radius 3 is 2.58 bits per heavy atom. The SMILES string of the molecule is COC(=O)[C@@H](C)Cn1cnc2ccc(-c3cnc(OC)c(NS(=O)(=O)c4ccc(F)cc4Cl)c3)cc2c1=O. The van der Waals surface area contributed by atoms with Gasteiger partial charge in [0, 0.05) is 18.3 Å². The van der Waals surface area contributed by atoms with Crippen LogP contribution in [0, 0.1) is 11.7 Å². The summed E-state index contributed by atoms with van der Waals surface area (Å²) in [5, 5.41) is -0.00137. The third kappa shape index (κ3) is 5.46. The molecule has 0 aliphatic heterocycles. The van der Waals surface area contributed by atoms with Crippen LogP contribution in [0.4, 0.5) is 10.1 Å². The molecule has 1 atom stereocenters. The smallest absolute Gasteiger partial charge is 0.310 e. The third-order valence-electron chi connectivity index (χ3n) is 5.70. The van der Waals surface area contributed by atoms with Crippen LogP contribution in [-0.2, 0) is 26.1 Å². The second-order valence-electron chi connectivity index (χ2n) is 8.32. The van der Waals surface area contributed by atoms with E-state index in [4.69, 9.17) is 21.1 Å². The number of esters is 1. The maximum Gasteiger partial charge on any atom is 0.310 e. The minimum atomic E-state index is -4.23. The quantitative estimate of drug-likeness (QED) is 0.321. The Bertz CT molecular complexity index is 1710. The van der Waals surface area contributed by atoms with Crippen LogP contribution in [0.3, 0.4) is 0 Å². The Labute approximate surface area is 222 Å². The van der Waals surface area contributed by atoms with Gasteiger partial charge in [0.1, 0.15) is 16.4 Å². The molecular weight excluding hydrogens is 539 g/mol. The Morgan fingerprint density at radius 2 is 1.89 bits per heavy atom. The van der Waals surface area contributed by atoms with Gasteiger partial charge in [0.05, 0.1) is 42.4 Å². The van der Waals surface area contributed by atoms with Crippen LogP contribution in [0.25, 0.3) is 22.0 Å². The Hall–Kier alpha value is -4.03. The van der Waals surface area contributed by atoms with Crippen molar-refractivity contribution in [2.45, 2.75) is 18.4 Å². The third-order valence-corrected chi connectivity index (χ3v) is 7.55. The monoisotopic (exact) mass is 560 g/mol. The molecule has 198 valence electrons. The highest BCUT2D eigenvalue weighted by Crippen LogP contribution is 2.32. The molecule has 4 rings (SSSR count). The number of pyridine rings is 1. The highest BCUT2D eigenvalue weighted by Gasteiger charge is 2.22. The molecule has 0 radical (unpaired) electrons. The summed E-state index contributed by atoms with van der Waals surface area (Å²) in [6.07, 6.45) is 2.82. The number of hydrogen-bond acceptors (Lipinski definition) is 8. The average molecular weight is 561 g/mol.